The summed E-state index contributed by atoms with van der Waals surface area (Å²) in [5.74, 6) is -0.905. The monoisotopic (exact) mass is 483 g/mol. The summed E-state index contributed by atoms with van der Waals surface area (Å²) in [6, 6.07) is 15.2. The number of halogens is 1. The first-order chi connectivity index (χ1) is 14.5. The molecule has 2 amide bonds. The van der Waals surface area contributed by atoms with Gasteiger partial charge in [-0.15, -0.1) is 0 Å². The van der Waals surface area contributed by atoms with Crippen LogP contribution >= 0.6 is 28.1 Å². The van der Waals surface area contributed by atoms with E-state index in [1.807, 2.05) is 24.3 Å². The van der Waals surface area contributed by atoms with Crippen LogP contribution in [0.15, 0.2) is 58.6 Å². The van der Waals surface area contributed by atoms with Gasteiger partial charge in [-0.05, 0) is 73.1 Å². The van der Waals surface area contributed by atoms with Gasteiger partial charge in [-0.3, -0.25) is 19.8 Å². The van der Waals surface area contributed by atoms with Crippen molar-refractivity contribution in [3.05, 3.63) is 64.1 Å². The van der Waals surface area contributed by atoms with Crippen LogP contribution in [0.3, 0.4) is 0 Å². The summed E-state index contributed by atoms with van der Waals surface area (Å²) in [5, 5.41) is 2.71. The van der Waals surface area contributed by atoms with Crippen molar-refractivity contribution in [3.8, 4) is 0 Å². The lowest BCUT2D eigenvalue weighted by molar-refractivity contribution is -0.122. The van der Waals surface area contributed by atoms with Crippen molar-refractivity contribution in [1.82, 2.24) is 5.32 Å². The molecule has 0 saturated carbocycles. The molecule has 2 aromatic rings. The fourth-order valence-corrected chi connectivity index (χ4v) is 4.30. The molecule has 0 spiro atoms. The highest BCUT2D eigenvalue weighted by Gasteiger charge is 2.34. The Hall–Kier alpha value is -2.51. The molecule has 7 heteroatoms. The molecule has 2 heterocycles. The molecular weight excluding hydrogens is 462 g/mol. The van der Waals surface area contributed by atoms with Gasteiger partial charge < -0.3 is 4.90 Å². The number of hydrogen-bond donors (Lipinski definition) is 1. The summed E-state index contributed by atoms with van der Waals surface area (Å²) in [6.45, 7) is 2.14. The maximum absolute atomic E-state index is 13.1. The van der Waals surface area contributed by atoms with Crippen LogP contribution in [0, 0.1) is 0 Å². The van der Waals surface area contributed by atoms with Crippen LogP contribution in [0.5, 0.6) is 0 Å². The average Bonchev–Trinajstić information content (AvgIpc) is 3.02. The molecule has 2 fully saturated rings. The molecule has 0 unspecified atom stereocenters. The zero-order valence-electron chi connectivity index (χ0n) is 16.4. The number of nitrogens with zero attached hydrogens (tertiary/aromatic N) is 2. The van der Waals surface area contributed by atoms with Crippen molar-refractivity contribution in [2.24, 2.45) is 0 Å². The van der Waals surface area contributed by atoms with Crippen molar-refractivity contribution in [2.45, 2.75) is 25.7 Å². The lowest BCUT2D eigenvalue weighted by Gasteiger charge is -2.29. The number of amides is 2. The molecule has 0 radical (unpaired) electrons. The summed E-state index contributed by atoms with van der Waals surface area (Å²) in [5.41, 5.74) is 2.65. The van der Waals surface area contributed by atoms with Gasteiger partial charge in [0.1, 0.15) is 5.57 Å². The van der Waals surface area contributed by atoms with Crippen molar-refractivity contribution in [1.29, 1.82) is 0 Å². The average molecular weight is 484 g/mol. The number of thiocarbonyl (C=S) groups is 1. The number of carbonyl (C=O) groups excluding carboxylic acids is 2. The number of benzene rings is 2. The Labute approximate surface area is 189 Å². The highest BCUT2D eigenvalue weighted by atomic mass is 79.9. The van der Waals surface area contributed by atoms with Crippen LogP contribution in [0.25, 0.3) is 6.08 Å². The van der Waals surface area contributed by atoms with E-state index in [1.54, 1.807) is 18.2 Å². The first-order valence-electron chi connectivity index (χ1n) is 10.0. The zero-order valence-corrected chi connectivity index (χ0v) is 18.8. The maximum atomic E-state index is 13.1. The number of anilines is 2. The van der Waals surface area contributed by atoms with E-state index in [1.165, 1.54) is 36.3 Å². The van der Waals surface area contributed by atoms with Gasteiger partial charge in [0.05, 0.1) is 5.69 Å². The van der Waals surface area contributed by atoms with Gasteiger partial charge in [-0.25, -0.2) is 0 Å². The molecule has 0 bridgehead atoms. The molecule has 30 heavy (non-hydrogen) atoms. The molecular formula is C23H22BrN3O2S. The second kappa shape index (κ2) is 9.10. The van der Waals surface area contributed by atoms with Crippen molar-refractivity contribution in [2.75, 3.05) is 22.9 Å². The third-order valence-corrected chi connectivity index (χ3v) is 6.18. The Morgan fingerprint density at radius 1 is 0.867 bits per heavy atom. The van der Waals surface area contributed by atoms with E-state index >= 15 is 0 Å². The van der Waals surface area contributed by atoms with Crippen molar-refractivity contribution in [3.63, 3.8) is 0 Å². The highest BCUT2D eigenvalue weighted by Crippen LogP contribution is 2.25. The second-order valence-corrected chi connectivity index (χ2v) is 8.73. The third-order valence-electron chi connectivity index (χ3n) is 5.36. The molecule has 0 aliphatic carbocycles. The normalized spacial score (nSPS) is 19.1. The zero-order chi connectivity index (χ0) is 21.1. The Bertz CT molecular complexity index is 994. The third kappa shape index (κ3) is 4.47. The Balaban J connectivity index is 1.58. The van der Waals surface area contributed by atoms with Crippen LogP contribution < -0.4 is 15.1 Å². The Morgan fingerprint density at radius 2 is 1.47 bits per heavy atom. The van der Waals surface area contributed by atoms with Crippen LogP contribution in [0.1, 0.15) is 31.2 Å². The smallest absolute Gasteiger partial charge is 0.270 e. The number of hydrogen-bond acceptors (Lipinski definition) is 4. The summed E-state index contributed by atoms with van der Waals surface area (Å²) < 4.78 is 0.894. The van der Waals surface area contributed by atoms with Crippen LogP contribution in [0.2, 0.25) is 0 Å². The molecule has 0 atom stereocenters. The van der Waals surface area contributed by atoms with Crippen molar-refractivity contribution >= 4 is 62.5 Å². The predicted octanol–water partition coefficient (Wildman–Crippen LogP) is 4.66. The van der Waals surface area contributed by atoms with Crippen molar-refractivity contribution < 1.29 is 9.59 Å². The van der Waals surface area contributed by atoms with Crippen LogP contribution in [-0.4, -0.2) is 30.0 Å². The Kier molecular flexibility index (Phi) is 6.29. The van der Waals surface area contributed by atoms with E-state index in [4.69, 9.17) is 12.2 Å². The van der Waals surface area contributed by atoms with Crippen LogP contribution in [-0.2, 0) is 9.59 Å². The maximum Gasteiger partial charge on any atom is 0.270 e. The summed E-state index contributed by atoms with van der Waals surface area (Å²) in [4.78, 5) is 29.3. The van der Waals surface area contributed by atoms with E-state index in [-0.39, 0.29) is 10.7 Å². The van der Waals surface area contributed by atoms with Gasteiger partial charge >= 0.3 is 0 Å². The number of rotatable bonds is 3. The van der Waals surface area contributed by atoms with E-state index in [0.29, 0.717) is 5.69 Å². The highest BCUT2D eigenvalue weighted by molar-refractivity contribution is 9.10. The van der Waals surface area contributed by atoms with Crippen LogP contribution in [0.4, 0.5) is 11.4 Å². The molecule has 2 saturated heterocycles. The standard InChI is InChI=1S/C23H22BrN3O2S/c24-17-7-11-19(12-8-17)27-22(29)20(21(28)25-23(27)30)15-16-5-9-18(10-6-16)26-13-3-1-2-4-14-26/h5-12,15H,1-4,13-14H2,(H,25,28,30). The Morgan fingerprint density at radius 3 is 2.10 bits per heavy atom. The molecule has 2 aliphatic heterocycles. The largest absolute Gasteiger partial charge is 0.372 e. The summed E-state index contributed by atoms with van der Waals surface area (Å²) >= 11 is 8.63. The lowest BCUT2D eigenvalue weighted by atomic mass is 10.1. The van der Waals surface area contributed by atoms with Gasteiger partial charge in [0, 0.05) is 23.2 Å². The first kappa shape index (κ1) is 20.8. The van der Waals surface area contributed by atoms with E-state index in [2.05, 4.69) is 38.3 Å². The molecule has 154 valence electrons. The molecule has 2 aliphatic rings. The number of nitrogens with one attached hydrogen (secondary N) is 1. The molecule has 0 aromatic heterocycles. The number of carbonyl (C=O) groups is 2. The second-order valence-electron chi connectivity index (χ2n) is 7.43. The minimum atomic E-state index is -0.477. The van der Waals surface area contributed by atoms with Gasteiger partial charge in [0.15, 0.2) is 5.11 Å². The van der Waals surface area contributed by atoms with Gasteiger partial charge in [-0.2, -0.15) is 0 Å². The predicted molar refractivity (Wildman–Crippen MR) is 127 cm³/mol. The van der Waals surface area contributed by atoms with Gasteiger partial charge in [0.25, 0.3) is 11.8 Å². The lowest BCUT2D eigenvalue weighted by Crippen LogP contribution is -2.54. The topological polar surface area (TPSA) is 52.7 Å². The van der Waals surface area contributed by atoms with Gasteiger partial charge in [-0.1, -0.05) is 40.9 Å². The minimum Gasteiger partial charge on any atom is -0.372 e. The van der Waals surface area contributed by atoms with Gasteiger partial charge in [0.2, 0.25) is 0 Å². The first-order valence-corrected chi connectivity index (χ1v) is 11.2. The van der Waals surface area contributed by atoms with E-state index < -0.39 is 11.8 Å². The van der Waals surface area contributed by atoms with E-state index in [0.717, 1.165) is 23.1 Å². The fraction of sp³-hybridized carbons (Fsp3) is 0.261. The summed E-state index contributed by atoms with van der Waals surface area (Å²) in [6.07, 6.45) is 6.62. The quantitative estimate of drug-likeness (QED) is 0.391. The SMILES string of the molecule is O=C1NC(=S)N(c2ccc(Br)cc2)C(=O)C1=Cc1ccc(N2CCCCCC2)cc1. The molecule has 5 nitrogen and oxygen atoms in total. The van der Waals surface area contributed by atoms with E-state index in [9.17, 15) is 9.59 Å². The molecule has 1 N–H and O–H groups in total. The molecule has 4 rings (SSSR count). The minimum absolute atomic E-state index is 0.0639. The fourth-order valence-electron chi connectivity index (χ4n) is 3.76. The molecule has 2 aromatic carbocycles. The summed E-state index contributed by atoms with van der Waals surface area (Å²) in [7, 11) is 0.